The molecule has 0 atom stereocenters. The summed E-state index contributed by atoms with van der Waals surface area (Å²) in [5, 5.41) is 13.5. The van der Waals surface area contributed by atoms with Gasteiger partial charge in [-0.25, -0.2) is 4.79 Å². The highest BCUT2D eigenvalue weighted by atomic mass is 16.5. The molecule has 5 N–H and O–H groups in total. The van der Waals surface area contributed by atoms with Crippen molar-refractivity contribution in [2.75, 3.05) is 31.2 Å². The maximum absolute atomic E-state index is 10.2. The van der Waals surface area contributed by atoms with E-state index in [-0.39, 0.29) is 6.54 Å². The second-order valence-corrected chi connectivity index (χ2v) is 2.95. The molecule has 0 aromatic carbocycles. The van der Waals surface area contributed by atoms with Crippen molar-refractivity contribution in [3.8, 4) is 5.88 Å². The molecule has 0 aliphatic rings. The van der Waals surface area contributed by atoms with Gasteiger partial charge in [-0.1, -0.05) is 0 Å². The van der Waals surface area contributed by atoms with E-state index in [1.54, 1.807) is 12.1 Å². The van der Waals surface area contributed by atoms with Crippen LogP contribution in [-0.4, -0.2) is 36.4 Å². The molecule has 16 heavy (non-hydrogen) atoms. The number of nitrogen functional groups attached to an aromatic ring is 1. The minimum absolute atomic E-state index is 0.271. The highest BCUT2D eigenvalue weighted by Gasteiger charge is 2.02. The van der Waals surface area contributed by atoms with Crippen LogP contribution < -0.4 is 21.1 Å². The van der Waals surface area contributed by atoms with Gasteiger partial charge in [-0.3, -0.25) is 0 Å². The quantitative estimate of drug-likeness (QED) is 0.539. The van der Waals surface area contributed by atoms with Crippen LogP contribution in [-0.2, 0) is 0 Å². The second kappa shape index (κ2) is 5.64. The van der Waals surface area contributed by atoms with Crippen LogP contribution in [0.3, 0.4) is 0 Å². The molecule has 1 heterocycles. The first kappa shape index (κ1) is 11.9. The normalized spacial score (nSPS) is 9.56. The fourth-order valence-electron chi connectivity index (χ4n) is 1.06. The van der Waals surface area contributed by atoms with Gasteiger partial charge in [0, 0.05) is 19.2 Å². The van der Waals surface area contributed by atoms with Crippen molar-refractivity contribution >= 4 is 17.6 Å². The topological polar surface area (TPSA) is 110 Å². The summed E-state index contributed by atoms with van der Waals surface area (Å²) in [5.74, 6) is 0.925. The molecule has 1 aromatic heterocycles. The Kier molecular flexibility index (Phi) is 4.19. The standard InChI is InChI=1S/C9H14N4O3/c1-16-7-3-2-6(10)8(13-7)11-4-5-12-9(14)15/h2-3,12H,4-5,10H2,1H3,(H,11,13)(H,14,15). The largest absolute Gasteiger partial charge is 0.481 e. The Bertz CT molecular complexity index is 370. The Labute approximate surface area is 92.6 Å². The summed E-state index contributed by atoms with van der Waals surface area (Å²) < 4.78 is 4.94. The van der Waals surface area contributed by atoms with Crippen molar-refractivity contribution < 1.29 is 14.6 Å². The highest BCUT2D eigenvalue weighted by Crippen LogP contribution is 2.18. The van der Waals surface area contributed by atoms with Crippen LogP contribution in [0.2, 0.25) is 0 Å². The average molecular weight is 226 g/mol. The Morgan fingerprint density at radius 3 is 2.94 bits per heavy atom. The zero-order valence-corrected chi connectivity index (χ0v) is 8.86. The van der Waals surface area contributed by atoms with E-state index in [2.05, 4.69) is 15.6 Å². The summed E-state index contributed by atoms with van der Waals surface area (Å²) in [7, 11) is 1.51. The van der Waals surface area contributed by atoms with Gasteiger partial charge in [0.05, 0.1) is 12.8 Å². The van der Waals surface area contributed by atoms with Crippen LogP contribution in [0.25, 0.3) is 0 Å². The van der Waals surface area contributed by atoms with Crippen LogP contribution in [0.15, 0.2) is 12.1 Å². The second-order valence-electron chi connectivity index (χ2n) is 2.95. The number of aromatic nitrogens is 1. The lowest BCUT2D eigenvalue weighted by atomic mass is 10.4. The van der Waals surface area contributed by atoms with Crippen molar-refractivity contribution in [1.29, 1.82) is 0 Å². The number of ether oxygens (including phenoxy) is 1. The van der Waals surface area contributed by atoms with Crippen LogP contribution in [0.5, 0.6) is 5.88 Å². The third kappa shape index (κ3) is 3.52. The summed E-state index contributed by atoms with van der Waals surface area (Å²) in [4.78, 5) is 14.3. The summed E-state index contributed by atoms with van der Waals surface area (Å²) in [5.41, 5.74) is 6.15. The molecule has 0 saturated heterocycles. The van der Waals surface area contributed by atoms with E-state index in [9.17, 15) is 4.79 Å². The van der Waals surface area contributed by atoms with E-state index in [0.29, 0.717) is 23.9 Å². The Hall–Kier alpha value is -2.18. The number of pyridine rings is 1. The number of nitrogens with two attached hydrogens (primary N) is 1. The van der Waals surface area contributed by atoms with Crippen molar-refractivity contribution in [3.63, 3.8) is 0 Å². The number of nitrogens with one attached hydrogen (secondary N) is 2. The van der Waals surface area contributed by atoms with Gasteiger partial charge in [0.15, 0.2) is 5.82 Å². The zero-order chi connectivity index (χ0) is 12.0. The molecule has 1 amide bonds. The van der Waals surface area contributed by atoms with Gasteiger partial charge in [0.1, 0.15) is 0 Å². The first-order valence-electron chi connectivity index (χ1n) is 4.64. The lowest BCUT2D eigenvalue weighted by Gasteiger charge is -2.09. The Balaban J connectivity index is 2.49. The van der Waals surface area contributed by atoms with Crippen molar-refractivity contribution in [2.45, 2.75) is 0 Å². The van der Waals surface area contributed by atoms with Gasteiger partial charge in [0.25, 0.3) is 0 Å². The number of nitrogens with zero attached hydrogens (tertiary/aromatic N) is 1. The van der Waals surface area contributed by atoms with Crippen molar-refractivity contribution in [1.82, 2.24) is 10.3 Å². The van der Waals surface area contributed by atoms with E-state index < -0.39 is 6.09 Å². The smallest absolute Gasteiger partial charge is 0.404 e. The minimum atomic E-state index is -1.06. The third-order valence-electron chi connectivity index (χ3n) is 1.80. The molecule has 0 unspecified atom stereocenters. The molecular formula is C9H14N4O3. The number of carboxylic acid groups (broad SMARTS) is 1. The third-order valence-corrected chi connectivity index (χ3v) is 1.80. The highest BCUT2D eigenvalue weighted by molar-refractivity contribution is 5.64. The molecule has 0 radical (unpaired) electrons. The summed E-state index contributed by atoms with van der Waals surface area (Å²) in [6.07, 6.45) is -1.06. The predicted molar refractivity (Wildman–Crippen MR) is 59.7 cm³/mol. The molecule has 0 saturated carbocycles. The monoisotopic (exact) mass is 226 g/mol. The number of amides is 1. The number of rotatable bonds is 5. The van der Waals surface area contributed by atoms with E-state index in [1.807, 2.05) is 0 Å². The molecule has 1 rings (SSSR count). The first-order chi connectivity index (χ1) is 7.63. The van der Waals surface area contributed by atoms with Gasteiger partial charge in [-0.05, 0) is 6.07 Å². The van der Waals surface area contributed by atoms with Gasteiger partial charge >= 0.3 is 6.09 Å². The SMILES string of the molecule is COc1ccc(N)c(NCCNC(=O)O)n1. The number of hydrogen-bond donors (Lipinski definition) is 4. The van der Waals surface area contributed by atoms with Crippen LogP contribution in [0.1, 0.15) is 0 Å². The Morgan fingerprint density at radius 2 is 2.31 bits per heavy atom. The number of hydrogen-bond acceptors (Lipinski definition) is 5. The minimum Gasteiger partial charge on any atom is -0.481 e. The van der Waals surface area contributed by atoms with Crippen LogP contribution >= 0.6 is 0 Å². The maximum atomic E-state index is 10.2. The van der Waals surface area contributed by atoms with E-state index in [0.717, 1.165) is 0 Å². The van der Waals surface area contributed by atoms with Crippen molar-refractivity contribution in [3.05, 3.63) is 12.1 Å². The van der Waals surface area contributed by atoms with Gasteiger partial charge in [-0.15, -0.1) is 0 Å². The molecule has 0 spiro atoms. The number of anilines is 2. The zero-order valence-electron chi connectivity index (χ0n) is 8.86. The predicted octanol–water partition coefficient (Wildman–Crippen LogP) is 0.352. The van der Waals surface area contributed by atoms with Gasteiger partial charge in [0.2, 0.25) is 5.88 Å². The van der Waals surface area contributed by atoms with E-state index >= 15 is 0 Å². The lowest BCUT2D eigenvalue weighted by Crippen LogP contribution is -2.27. The lowest BCUT2D eigenvalue weighted by molar-refractivity contribution is 0.195. The summed E-state index contributed by atoms with van der Waals surface area (Å²) in [6, 6.07) is 3.31. The van der Waals surface area contributed by atoms with Crippen LogP contribution in [0.4, 0.5) is 16.3 Å². The average Bonchev–Trinajstić information content (AvgIpc) is 2.26. The van der Waals surface area contributed by atoms with Gasteiger partial charge < -0.3 is 26.2 Å². The van der Waals surface area contributed by atoms with Gasteiger partial charge in [-0.2, -0.15) is 4.98 Å². The fraction of sp³-hybridized carbons (Fsp3) is 0.333. The first-order valence-corrected chi connectivity index (χ1v) is 4.64. The Morgan fingerprint density at radius 1 is 1.56 bits per heavy atom. The van der Waals surface area contributed by atoms with Crippen LogP contribution in [0, 0.1) is 0 Å². The molecule has 7 heteroatoms. The molecule has 0 fully saturated rings. The summed E-state index contributed by atoms with van der Waals surface area (Å²) in [6.45, 7) is 0.671. The molecule has 1 aromatic rings. The fourth-order valence-corrected chi connectivity index (χ4v) is 1.06. The number of methoxy groups -OCH3 is 1. The molecule has 0 aliphatic heterocycles. The molecule has 0 bridgehead atoms. The molecule has 7 nitrogen and oxygen atoms in total. The number of carbonyl (C=O) groups is 1. The van der Waals surface area contributed by atoms with Crippen molar-refractivity contribution in [2.24, 2.45) is 0 Å². The summed E-state index contributed by atoms with van der Waals surface area (Å²) >= 11 is 0. The maximum Gasteiger partial charge on any atom is 0.404 e. The van der Waals surface area contributed by atoms with E-state index in [4.69, 9.17) is 15.6 Å². The molecular weight excluding hydrogens is 212 g/mol. The molecule has 88 valence electrons. The van der Waals surface area contributed by atoms with E-state index in [1.165, 1.54) is 7.11 Å². The molecule has 0 aliphatic carbocycles.